The number of Topliss-reactive ketones (excluding diaryl/α,β-unsaturated/α-hetero) is 1. The average Bonchev–Trinajstić information content (AvgIpc) is 2.51. The van der Waals surface area contributed by atoms with Gasteiger partial charge in [0.1, 0.15) is 5.78 Å². The van der Waals surface area contributed by atoms with Gasteiger partial charge in [-0.05, 0) is 13.0 Å². The van der Waals surface area contributed by atoms with Gasteiger partial charge in [-0.2, -0.15) is 0 Å². The lowest BCUT2D eigenvalue weighted by Gasteiger charge is -2.03. The van der Waals surface area contributed by atoms with Crippen LogP contribution in [-0.4, -0.2) is 12.3 Å². The zero-order valence-electron chi connectivity index (χ0n) is 15.2. The molecular formula is C20H41NO. The number of ketones is 1. The minimum Gasteiger partial charge on any atom is -0.330 e. The van der Waals surface area contributed by atoms with E-state index in [1.807, 2.05) is 0 Å². The molecule has 0 rings (SSSR count). The minimum absolute atomic E-state index is 0.345. The molecule has 0 aliphatic carbocycles. The van der Waals surface area contributed by atoms with Crippen LogP contribution in [0, 0.1) is 0 Å². The van der Waals surface area contributed by atoms with Gasteiger partial charge in [0, 0.05) is 12.8 Å². The van der Waals surface area contributed by atoms with Crippen molar-refractivity contribution < 1.29 is 4.79 Å². The lowest BCUT2D eigenvalue weighted by molar-refractivity contribution is -0.119. The summed E-state index contributed by atoms with van der Waals surface area (Å²) in [6.45, 7) is 2.79. The zero-order chi connectivity index (χ0) is 16.3. The van der Waals surface area contributed by atoms with Crippen LogP contribution in [0.5, 0.6) is 0 Å². The molecule has 0 bridgehead atoms. The highest BCUT2D eigenvalue weighted by Crippen LogP contribution is 2.13. The molecule has 0 amide bonds. The molecule has 0 heterocycles. The molecule has 132 valence electrons. The molecule has 0 atom stereocenters. The van der Waals surface area contributed by atoms with Gasteiger partial charge in [-0.25, -0.2) is 0 Å². The number of hydrogen-bond acceptors (Lipinski definition) is 2. The van der Waals surface area contributed by atoms with Crippen molar-refractivity contribution >= 4 is 5.78 Å². The van der Waals surface area contributed by atoms with Crippen LogP contribution in [0.4, 0.5) is 0 Å². The van der Waals surface area contributed by atoms with Crippen molar-refractivity contribution in [2.45, 2.75) is 116 Å². The van der Waals surface area contributed by atoms with Crippen LogP contribution < -0.4 is 5.73 Å². The molecule has 0 aliphatic rings. The van der Waals surface area contributed by atoms with E-state index in [2.05, 4.69) is 6.92 Å². The van der Waals surface area contributed by atoms with E-state index in [4.69, 9.17) is 5.73 Å². The lowest BCUT2D eigenvalue weighted by Crippen LogP contribution is -2.07. The first-order valence-corrected chi connectivity index (χ1v) is 10.0. The second-order valence-corrected chi connectivity index (χ2v) is 6.78. The summed E-state index contributed by atoms with van der Waals surface area (Å²) in [6.07, 6.45) is 21.9. The molecule has 2 N–H and O–H groups in total. The molecule has 0 fully saturated rings. The van der Waals surface area contributed by atoms with Crippen molar-refractivity contribution in [3.8, 4) is 0 Å². The normalized spacial score (nSPS) is 11.0. The van der Waals surface area contributed by atoms with Crippen LogP contribution in [0.2, 0.25) is 0 Å². The van der Waals surface area contributed by atoms with Gasteiger partial charge in [0.25, 0.3) is 0 Å². The number of carbonyl (C=O) groups excluding carboxylic acids is 1. The fourth-order valence-corrected chi connectivity index (χ4v) is 2.98. The topological polar surface area (TPSA) is 43.1 Å². The van der Waals surface area contributed by atoms with Gasteiger partial charge in [0.15, 0.2) is 0 Å². The third-order valence-corrected chi connectivity index (χ3v) is 4.48. The van der Waals surface area contributed by atoms with Crippen molar-refractivity contribution in [3.05, 3.63) is 0 Å². The second kappa shape index (κ2) is 18.7. The summed E-state index contributed by atoms with van der Waals surface area (Å²) < 4.78 is 0. The fourth-order valence-electron chi connectivity index (χ4n) is 2.98. The highest BCUT2D eigenvalue weighted by molar-refractivity contribution is 5.78. The Balaban J connectivity index is 3.01. The fraction of sp³-hybridized carbons (Fsp3) is 0.950. The maximum Gasteiger partial charge on any atom is 0.134 e. The van der Waals surface area contributed by atoms with Crippen molar-refractivity contribution in [2.75, 3.05) is 6.54 Å². The van der Waals surface area contributed by atoms with E-state index in [0.717, 1.165) is 12.8 Å². The molecular weight excluding hydrogens is 270 g/mol. The summed E-state index contributed by atoms with van der Waals surface area (Å²) >= 11 is 0. The third kappa shape index (κ3) is 17.7. The number of unbranched alkanes of at least 4 members (excludes halogenated alkanes) is 14. The van der Waals surface area contributed by atoms with E-state index in [1.54, 1.807) is 0 Å². The quantitative estimate of drug-likeness (QED) is 0.308. The Bertz CT molecular complexity index is 228. The predicted octanol–water partition coefficient (Wildman–Crippen LogP) is 6.17. The standard InChI is InChI=1S/C20H41NO/c1-2-3-4-5-6-7-8-9-10-11-12-13-14-15-16-17-20(22)18-19-21/h2-19,21H2,1H3. The van der Waals surface area contributed by atoms with Gasteiger partial charge in [0.2, 0.25) is 0 Å². The molecule has 0 aromatic heterocycles. The monoisotopic (exact) mass is 311 g/mol. The first-order chi connectivity index (χ1) is 10.8. The second-order valence-electron chi connectivity index (χ2n) is 6.78. The van der Waals surface area contributed by atoms with E-state index in [-0.39, 0.29) is 0 Å². The molecule has 0 aliphatic heterocycles. The van der Waals surface area contributed by atoms with E-state index in [0.29, 0.717) is 18.7 Å². The highest BCUT2D eigenvalue weighted by Gasteiger charge is 1.99. The molecule has 0 radical (unpaired) electrons. The van der Waals surface area contributed by atoms with Crippen LogP contribution in [0.1, 0.15) is 116 Å². The number of hydrogen-bond donors (Lipinski definition) is 1. The average molecular weight is 312 g/mol. The van der Waals surface area contributed by atoms with Crippen molar-refractivity contribution in [3.63, 3.8) is 0 Å². The molecule has 0 aromatic rings. The Labute approximate surface area is 139 Å². The Morgan fingerprint density at radius 2 is 0.955 bits per heavy atom. The number of nitrogens with two attached hydrogens (primary N) is 1. The minimum atomic E-state index is 0.345. The van der Waals surface area contributed by atoms with Crippen molar-refractivity contribution in [1.82, 2.24) is 0 Å². The van der Waals surface area contributed by atoms with E-state index in [9.17, 15) is 4.79 Å². The van der Waals surface area contributed by atoms with E-state index >= 15 is 0 Å². The first-order valence-electron chi connectivity index (χ1n) is 10.0. The van der Waals surface area contributed by atoms with Gasteiger partial charge in [-0.3, -0.25) is 4.79 Å². The number of rotatable bonds is 18. The van der Waals surface area contributed by atoms with Crippen LogP contribution in [-0.2, 0) is 4.79 Å². The summed E-state index contributed by atoms with van der Waals surface area (Å²) in [6, 6.07) is 0. The zero-order valence-corrected chi connectivity index (χ0v) is 15.2. The van der Waals surface area contributed by atoms with Crippen molar-refractivity contribution in [2.24, 2.45) is 5.73 Å². The summed E-state index contributed by atoms with van der Waals surface area (Å²) in [7, 11) is 0. The van der Waals surface area contributed by atoms with Crippen LogP contribution in [0.3, 0.4) is 0 Å². The van der Waals surface area contributed by atoms with Crippen LogP contribution >= 0.6 is 0 Å². The number of carbonyl (C=O) groups is 1. The van der Waals surface area contributed by atoms with Gasteiger partial charge in [-0.1, -0.05) is 96.8 Å². The van der Waals surface area contributed by atoms with Crippen LogP contribution in [0.15, 0.2) is 0 Å². The highest BCUT2D eigenvalue weighted by atomic mass is 16.1. The van der Waals surface area contributed by atoms with Gasteiger partial charge in [0.05, 0.1) is 0 Å². The summed E-state index contributed by atoms with van der Waals surface area (Å²) in [4.78, 5) is 11.3. The lowest BCUT2D eigenvalue weighted by atomic mass is 10.0. The molecule has 2 heteroatoms. The predicted molar refractivity (Wildman–Crippen MR) is 98.2 cm³/mol. The van der Waals surface area contributed by atoms with Gasteiger partial charge >= 0.3 is 0 Å². The van der Waals surface area contributed by atoms with Gasteiger partial charge in [-0.15, -0.1) is 0 Å². The maximum absolute atomic E-state index is 11.3. The third-order valence-electron chi connectivity index (χ3n) is 4.48. The Morgan fingerprint density at radius 1 is 0.591 bits per heavy atom. The van der Waals surface area contributed by atoms with Crippen LogP contribution in [0.25, 0.3) is 0 Å². The largest absolute Gasteiger partial charge is 0.330 e. The molecule has 2 nitrogen and oxygen atoms in total. The first kappa shape index (κ1) is 21.6. The van der Waals surface area contributed by atoms with Crippen molar-refractivity contribution in [1.29, 1.82) is 0 Å². The smallest absolute Gasteiger partial charge is 0.134 e. The van der Waals surface area contributed by atoms with Gasteiger partial charge < -0.3 is 5.73 Å². The summed E-state index contributed by atoms with van der Waals surface area (Å²) in [5.74, 6) is 0.345. The molecule has 0 saturated carbocycles. The summed E-state index contributed by atoms with van der Waals surface area (Å²) in [5.41, 5.74) is 5.36. The SMILES string of the molecule is CCCCCCCCCCCCCCCCCC(=O)CCN. The van der Waals surface area contributed by atoms with E-state index < -0.39 is 0 Å². The van der Waals surface area contributed by atoms with E-state index in [1.165, 1.54) is 89.9 Å². The molecule has 0 saturated heterocycles. The Kier molecular flexibility index (Phi) is 18.4. The molecule has 0 aromatic carbocycles. The molecule has 22 heavy (non-hydrogen) atoms. The Morgan fingerprint density at radius 3 is 1.32 bits per heavy atom. The Hall–Kier alpha value is -0.370. The summed E-state index contributed by atoms with van der Waals surface area (Å²) in [5, 5.41) is 0. The molecule has 0 unspecified atom stereocenters. The maximum atomic E-state index is 11.3. The molecule has 0 spiro atoms.